The average Bonchev–Trinajstić information content (AvgIpc) is 3.25. The zero-order valence-corrected chi connectivity index (χ0v) is 13.8. The van der Waals surface area contributed by atoms with Gasteiger partial charge >= 0.3 is 6.03 Å². The first kappa shape index (κ1) is 15.0. The number of nitrogens with one attached hydrogen (secondary N) is 1. The molecule has 2 saturated carbocycles. The van der Waals surface area contributed by atoms with Crippen LogP contribution in [0.15, 0.2) is 24.5 Å². The van der Waals surface area contributed by atoms with E-state index in [4.69, 9.17) is 0 Å². The van der Waals surface area contributed by atoms with E-state index in [0.717, 1.165) is 44.2 Å². The molecular formula is C19H27N3O. The molecule has 0 radical (unpaired) electrons. The third-order valence-electron chi connectivity index (χ3n) is 6.05. The molecule has 2 aliphatic carbocycles. The first-order valence-electron chi connectivity index (χ1n) is 9.24. The van der Waals surface area contributed by atoms with Gasteiger partial charge in [-0.15, -0.1) is 0 Å². The molecule has 0 bridgehead atoms. The van der Waals surface area contributed by atoms with Gasteiger partial charge in [0.05, 0.1) is 0 Å². The number of rotatable bonds is 4. The van der Waals surface area contributed by atoms with Crippen LogP contribution in [0.5, 0.6) is 0 Å². The molecule has 3 aliphatic rings. The van der Waals surface area contributed by atoms with Gasteiger partial charge in [-0.05, 0) is 55.1 Å². The van der Waals surface area contributed by atoms with Crippen LogP contribution >= 0.6 is 0 Å². The lowest BCUT2D eigenvalue weighted by Gasteiger charge is -2.32. The minimum Gasteiger partial charge on any atom is -0.335 e. The van der Waals surface area contributed by atoms with Crippen molar-refractivity contribution in [3.63, 3.8) is 0 Å². The summed E-state index contributed by atoms with van der Waals surface area (Å²) in [5.41, 5.74) is 1.32. The van der Waals surface area contributed by atoms with Gasteiger partial charge in [0, 0.05) is 31.5 Å². The topological polar surface area (TPSA) is 45.2 Å². The fraction of sp³-hybridized carbons (Fsp3) is 0.684. The summed E-state index contributed by atoms with van der Waals surface area (Å²) in [6, 6.07) is 4.81. The van der Waals surface area contributed by atoms with Gasteiger partial charge in [0.1, 0.15) is 0 Å². The van der Waals surface area contributed by atoms with E-state index in [1.807, 2.05) is 23.4 Å². The summed E-state index contributed by atoms with van der Waals surface area (Å²) in [4.78, 5) is 18.6. The fourth-order valence-electron chi connectivity index (χ4n) is 4.21. The number of carbonyl (C=O) groups excluding carboxylic acids is 1. The van der Waals surface area contributed by atoms with Gasteiger partial charge in [-0.3, -0.25) is 4.98 Å². The SMILES string of the molecule is O=C(N[C@@H]1C[C@H]1C1CCC1)N1CCC(Cc2cccnc2)CC1. The van der Waals surface area contributed by atoms with Crippen LogP contribution in [0.3, 0.4) is 0 Å². The highest BCUT2D eigenvalue weighted by Crippen LogP contribution is 2.47. The molecule has 2 atom stereocenters. The first-order chi connectivity index (χ1) is 11.3. The number of piperidine rings is 1. The largest absolute Gasteiger partial charge is 0.335 e. The second-order valence-corrected chi connectivity index (χ2v) is 7.64. The first-order valence-corrected chi connectivity index (χ1v) is 9.24. The Morgan fingerprint density at radius 2 is 2.09 bits per heavy atom. The second-order valence-electron chi connectivity index (χ2n) is 7.64. The van der Waals surface area contributed by atoms with Crippen LogP contribution in [-0.4, -0.2) is 35.0 Å². The van der Waals surface area contributed by atoms with Crippen LogP contribution in [0.4, 0.5) is 4.79 Å². The Labute approximate surface area is 138 Å². The van der Waals surface area contributed by atoms with Crippen molar-refractivity contribution >= 4 is 6.03 Å². The van der Waals surface area contributed by atoms with Crippen molar-refractivity contribution in [2.45, 2.75) is 51.0 Å². The molecule has 23 heavy (non-hydrogen) atoms. The summed E-state index contributed by atoms with van der Waals surface area (Å²) < 4.78 is 0. The molecule has 2 heterocycles. The second kappa shape index (κ2) is 6.50. The van der Waals surface area contributed by atoms with Crippen molar-refractivity contribution in [3.8, 4) is 0 Å². The Morgan fingerprint density at radius 3 is 2.74 bits per heavy atom. The Hall–Kier alpha value is -1.58. The molecule has 124 valence electrons. The predicted octanol–water partition coefficient (Wildman–Crippen LogP) is 3.23. The quantitative estimate of drug-likeness (QED) is 0.927. The zero-order valence-electron chi connectivity index (χ0n) is 13.8. The third kappa shape index (κ3) is 3.51. The number of hydrogen-bond acceptors (Lipinski definition) is 2. The van der Waals surface area contributed by atoms with Crippen LogP contribution in [0, 0.1) is 17.8 Å². The van der Waals surface area contributed by atoms with Crippen LogP contribution in [0.25, 0.3) is 0 Å². The highest BCUT2D eigenvalue weighted by molar-refractivity contribution is 5.75. The van der Waals surface area contributed by atoms with E-state index in [-0.39, 0.29) is 6.03 Å². The standard InChI is InChI=1S/C19H27N3O/c23-19(21-18-12-17(18)16-4-1-5-16)22-9-6-14(7-10-22)11-15-3-2-8-20-13-15/h2-3,8,13-14,16-18H,1,4-7,9-12H2,(H,21,23)/t17-,18+/m0/s1. The van der Waals surface area contributed by atoms with Gasteiger partial charge in [0.25, 0.3) is 0 Å². The highest BCUT2D eigenvalue weighted by atomic mass is 16.2. The molecule has 2 amide bonds. The minimum absolute atomic E-state index is 0.177. The van der Waals surface area contributed by atoms with Crippen LogP contribution in [0.1, 0.15) is 44.1 Å². The lowest BCUT2D eigenvalue weighted by atomic mass is 9.81. The molecule has 3 fully saturated rings. The molecule has 0 aromatic carbocycles. The Kier molecular flexibility index (Phi) is 4.23. The summed E-state index contributed by atoms with van der Waals surface area (Å²) in [6.07, 6.45) is 12.5. The monoisotopic (exact) mass is 313 g/mol. The fourth-order valence-corrected chi connectivity index (χ4v) is 4.21. The van der Waals surface area contributed by atoms with Crippen molar-refractivity contribution in [2.24, 2.45) is 17.8 Å². The van der Waals surface area contributed by atoms with Crippen molar-refractivity contribution in [3.05, 3.63) is 30.1 Å². The van der Waals surface area contributed by atoms with Gasteiger partial charge in [-0.2, -0.15) is 0 Å². The number of urea groups is 1. The summed E-state index contributed by atoms with van der Waals surface area (Å²) in [7, 11) is 0. The number of amides is 2. The van der Waals surface area contributed by atoms with Crippen molar-refractivity contribution in [1.82, 2.24) is 15.2 Å². The normalized spacial score (nSPS) is 28.3. The zero-order chi connectivity index (χ0) is 15.6. The summed E-state index contributed by atoms with van der Waals surface area (Å²) in [6.45, 7) is 1.80. The number of carbonyl (C=O) groups is 1. The number of aromatic nitrogens is 1. The minimum atomic E-state index is 0.177. The van der Waals surface area contributed by atoms with Gasteiger partial charge in [-0.1, -0.05) is 25.3 Å². The van der Waals surface area contributed by atoms with E-state index in [1.54, 1.807) is 0 Å². The number of hydrogen-bond donors (Lipinski definition) is 1. The molecule has 1 N–H and O–H groups in total. The number of likely N-dealkylation sites (tertiary alicyclic amines) is 1. The average molecular weight is 313 g/mol. The van der Waals surface area contributed by atoms with Crippen LogP contribution in [0.2, 0.25) is 0 Å². The lowest BCUT2D eigenvalue weighted by molar-refractivity contribution is 0.168. The van der Waals surface area contributed by atoms with Gasteiger partial charge < -0.3 is 10.2 Å². The Bertz CT molecular complexity index is 535. The van der Waals surface area contributed by atoms with E-state index in [9.17, 15) is 4.79 Å². The van der Waals surface area contributed by atoms with Crippen LogP contribution in [-0.2, 0) is 6.42 Å². The molecular weight excluding hydrogens is 286 g/mol. The summed E-state index contributed by atoms with van der Waals surface area (Å²) in [5, 5.41) is 3.26. The lowest BCUT2D eigenvalue weighted by Crippen LogP contribution is -2.46. The molecule has 0 spiro atoms. The van der Waals surface area contributed by atoms with Crippen LogP contribution < -0.4 is 5.32 Å². The van der Waals surface area contributed by atoms with Gasteiger partial charge in [0.2, 0.25) is 0 Å². The Morgan fingerprint density at radius 1 is 1.26 bits per heavy atom. The number of pyridine rings is 1. The maximum Gasteiger partial charge on any atom is 0.317 e. The van der Waals surface area contributed by atoms with Crippen molar-refractivity contribution < 1.29 is 4.79 Å². The highest BCUT2D eigenvalue weighted by Gasteiger charge is 2.46. The van der Waals surface area contributed by atoms with E-state index >= 15 is 0 Å². The van der Waals surface area contributed by atoms with Gasteiger partial charge in [0.15, 0.2) is 0 Å². The van der Waals surface area contributed by atoms with Gasteiger partial charge in [-0.25, -0.2) is 4.79 Å². The maximum atomic E-state index is 12.4. The smallest absolute Gasteiger partial charge is 0.317 e. The molecule has 4 rings (SSSR count). The summed E-state index contributed by atoms with van der Waals surface area (Å²) >= 11 is 0. The third-order valence-corrected chi connectivity index (χ3v) is 6.05. The summed E-state index contributed by atoms with van der Waals surface area (Å²) in [5.74, 6) is 2.38. The molecule has 1 aromatic rings. The Balaban J connectivity index is 1.19. The molecule has 1 aromatic heterocycles. The molecule has 0 unspecified atom stereocenters. The van der Waals surface area contributed by atoms with Crippen molar-refractivity contribution in [1.29, 1.82) is 0 Å². The molecule has 4 nitrogen and oxygen atoms in total. The van der Waals surface area contributed by atoms with E-state index < -0.39 is 0 Å². The predicted molar refractivity (Wildman–Crippen MR) is 90.0 cm³/mol. The van der Waals surface area contributed by atoms with E-state index in [2.05, 4.69) is 16.4 Å². The maximum absolute atomic E-state index is 12.4. The molecule has 4 heteroatoms. The van der Waals surface area contributed by atoms with Crippen molar-refractivity contribution in [2.75, 3.05) is 13.1 Å². The molecule has 1 aliphatic heterocycles. The number of nitrogens with zero attached hydrogens (tertiary/aromatic N) is 2. The van der Waals surface area contributed by atoms with E-state index in [0.29, 0.717) is 12.0 Å². The molecule has 1 saturated heterocycles. The van der Waals surface area contributed by atoms with E-state index in [1.165, 1.54) is 31.2 Å².